The van der Waals surface area contributed by atoms with Gasteiger partial charge in [0.25, 0.3) is 0 Å². The van der Waals surface area contributed by atoms with Crippen LogP contribution in [0.3, 0.4) is 0 Å². The highest BCUT2D eigenvalue weighted by molar-refractivity contribution is 5.86. The Kier molecular flexibility index (Phi) is 7.31. The molecule has 9 heteroatoms. The van der Waals surface area contributed by atoms with Gasteiger partial charge in [0.05, 0.1) is 31.7 Å². The van der Waals surface area contributed by atoms with E-state index in [-0.39, 0.29) is 23.7 Å². The first kappa shape index (κ1) is 22.5. The van der Waals surface area contributed by atoms with E-state index in [2.05, 4.69) is 20.5 Å². The Labute approximate surface area is 192 Å². The summed E-state index contributed by atoms with van der Waals surface area (Å²) in [6, 6.07) is 13.4. The number of esters is 1. The quantitative estimate of drug-likeness (QED) is 0.500. The molecular weight excluding hydrogens is 422 g/mol. The van der Waals surface area contributed by atoms with Crippen LogP contribution >= 0.6 is 0 Å². The Balaban J connectivity index is 1.42. The van der Waals surface area contributed by atoms with Crippen molar-refractivity contribution in [2.45, 2.75) is 24.9 Å². The smallest absolute Gasteiger partial charge is 0.360 e. The monoisotopic (exact) mass is 449 g/mol. The maximum absolute atomic E-state index is 13.1. The molecule has 9 nitrogen and oxygen atoms in total. The Bertz CT molecular complexity index is 1080. The van der Waals surface area contributed by atoms with Crippen LogP contribution in [-0.2, 0) is 16.0 Å². The summed E-state index contributed by atoms with van der Waals surface area (Å²) in [6.07, 6.45) is 8.40. The van der Waals surface area contributed by atoms with Crippen molar-refractivity contribution in [3.63, 3.8) is 0 Å². The summed E-state index contributed by atoms with van der Waals surface area (Å²) in [4.78, 5) is 26.9. The topological polar surface area (TPSA) is 102 Å². The third kappa shape index (κ3) is 5.75. The molecule has 1 fully saturated rings. The summed E-state index contributed by atoms with van der Waals surface area (Å²) in [7, 11) is 1.31. The first-order valence-electron chi connectivity index (χ1n) is 10.9. The molecule has 1 aromatic carbocycles. The fourth-order valence-corrected chi connectivity index (χ4v) is 3.98. The van der Waals surface area contributed by atoms with Crippen LogP contribution in [0.15, 0.2) is 65.4 Å². The molecule has 1 amide bonds. The molecule has 2 atom stereocenters. The predicted molar refractivity (Wildman–Crippen MR) is 121 cm³/mol. The summed E-state index contributed by atoms with van der Waals surface area (Å²) in [5, 5.41) is 11.1. The van der Waals surface area contributed by atoms with E-state index in [4.69, 9.17) is 9.15 Å². The third-order valence-electron chi connectivity index (χ3n) is 5.68. The SMILES string of the molecule is COC(=O)c1cn([C@H]2C[C@@H](C(=O)NCCc3ccccc3)N(C/C=C/c3ccco3)C2)nn1. The normalized spacial score (nSPS) is 18.6. The first-order chi connectivity index (χ1) is 16.1. The number of nitrogens with one attached hydrogen (secondary N) is 1. The Morgan fingerprint density at radius 2 is 2.09 bits per heavy atom. The number of likely N-dealkylation sites (tertiary alicyclic amines) is 1. The predicted octanol–water partition coefficient (Wildman–Crippen LogP) is 2.35. The van der Waals surface area contributed by atoms with E-state index in [1.165, 1.54) is 12.7 Å². The zero-order chi connectivity index (χ0) is 23.0. The Hall–Kier alpha value is -3.72. The molecule has 0 bridgehead atoms. The number of hydrogen-bond donors (Lipinski definition) is 1. The van der Waals surface area contributed by atoms with E-state index in [9.17, 15) is 9.59 Å². The first-order valence-corrected chi connectivity index (χ1v) is 10.9. The molecule has 1 N–H and O–H groups in total. The molecule has 0 radical (unpaired) electrons. The number of aromatic nitrogens is 3. The molecule has 3 heterocycles. The van der Waals surface area contributed by atoms with Crippen LogP contribution in [0.25, 0.3) is 6.08 Å². The number of methoxy groups -OCH3 is 1. The third-order valence-corrected chi connectivity index (χ3v) is 5.68. The van der Waals surface area contributed by atoms with E-state index in [1.54, 1.807) is 17.1 Å². The summed E-state index contributed by atoms with van der Waals surface area (Å²) in [5.41, 5.74) is 1.33. The van der Waals surface area contributed by atoms with Crippen molar-refractivity contribution >= 4 is 18.0 Å². The zero-order valence-corrected chi connectivity index (χ0v) is 18.5. The van der Waals surface area contributed by atoms with Gasteiger partial charge in [0.1, 0.15) is 5.76 Å². The molecule has 4 rings (SSSR count). The van der Waals surface area contributed by atoms with E-state index in [1.807, 2.05) is 54.6 Å². The second kappa shape index (κ2) is 10.7. The maximum Gasteiger partial charge on any atom is 0.360 e. The van der Waals surface area contributed by atoms with Crippen LogP contribution in [0.2, 0.25) is 0 Å². The Morgan fingerprint density at radius 1 is 1.24 bits per heavy atom. The van der Waals surface area contributed by atoms with Gasteiger partial charge in [-0.1, -0.05) is 41.6 Å². The number of furan rings is 1. The van der Waals surface area contributed by atoms with Crippen molar-refractivity contribution in [2.24, 2.45) is 0 Å². The van der Waals surface area contributed by atoms with E-state index >= 15 is 0 Å². The lowest BCUT2D eigenvalue weighted by Gasteiger charge is -2.21. The lowest BCUT2D eigenvalue weighted by molar-refractivity contribution is -0.125. The molecule has 1 aliphatic rings. The molecule has 2 aromatic heterocycles. The molecule has 3 aromatic rings. The van der Waals surface area contributed by atoms with Crippen molar-refractivity contribution in [3.8, 4) is 0 Å². The Morgan fingerprint density at radius 3 is 2.85 bits per heavy atom. The van der Waals surface area contributed by atoms with Crippen molar-refractivity contribution in [1.82, 2.24) is 25.2 Å². The second-order valence-corrected chi connectivity index (χ2v) is 7.88. The summed E-state index contributed by atoms with van der Waals surface area (Å²) < 4.78 is 11.7. The van der Waals surface area contributed by atoms with Gasteiger partial charge in [-0.3, -0.25) is 9.69 Å². The van der Waals surface area contributed by atoms with Crippen molar-refractivity contribution < 1.29 is 18.7 Å². The van der Waals surface area contributed by atoms with Gasteiger partial charge in [-0.15, -0.1) is 5.10 Å². The minimum absolute atomic E-state index is 0.0202. The van der Waals surface area contributed by atoms with Gasteiger partial charge in [-0.2, -0.15) is 0 Å². The minimum atomic E-state index is -0.535. The van der Waals surface area contributed by atoms with E-state index in [0.717, 1.165) is 12.2 Å². The second-order valence-electron chi connectivity index (χ2n) is 7.88. The molecule has 1 aliphatic heterocycles. The standard InChI is InChI=1S/C24H27N5O4/c1-32-24(31)21-17-29(27-26-21)19-15-22(23(30)25-12-11-18-7-3-2-4-8-18)28(16-19)13-5-9-20-10-6-14-33-20/h2-10,14,17,19,22H,11-13,15-16H2,1H3,(H,25,30)/b9-5+/t19-,22-/m0/s1. The molecule has 33 heavy (non-hydrogen) atoms. The van der Waals surface area contributed by atoms with Crippen molar-refractivity contribution in [1.29, 1.82) is 0 Å². The van der Waals surface area contributed by atoms with Gasteiger partial charge < -0.3 is 14.5 Å². The zero-order valence-electron chi connectivity index (χ0n) is 18.5. The number of benzene rings is 1. The summed E-state index contributed by atoms with van der Waals surface area (Å²) in [5.74, 6) is 0.203. The fraction of sp³-hybridized carbons (Fsp3) is 0.333. The van der Waals surface area contributed by atoms with Gasteiger partial charge in [-0.25, -0.2) is 9.48 Å². The number of carbonyl (C=O) groups excluding carboxylic acids is 2. The largest absolute Gasteiger partial charge is 0.465 e. The lowest BCUT2D eigenvalue weighted by Crippen LogP contribution is -2.43. The van der Waals surface area contributed by atoms with Gasteiger partial charge >= 0.3 is 5.97 Å². The molecule has 0 saturated carbocycles. The number of rotatable bonds is 9. The van der Waals surface area contributed by atoms with Crippen LogP contribution < -0.4 is 5.32 Å². The van der Waals surface area contributed by atoms with Crippen molar-refractivity contribution in [2.75, 3.05) is 26.7 Å². The molecule has 0 aliphatic carbocycles. The number of ether oxygens (including phenoxy) is 1. The van der Waals surface area contributed by atoms with Crippen LogP contribution in [0.5, 0.6) is 0 Å². The molecular formula is C24H27N5O4. The highest BCUT2D eigenvalue weighted by atomic mass is 16.5. The number of nitrogens with zero attached hydrogens (tertiary/aromatic N) is 4. The summed E-state index contributed by atoms with van der Waals surface area (Å²) in [6.45, 7) is 1.74. The van der Waals surface area contributed by atoms with E-state index in [0.29, 0.717) is 26.1 Å². The molecule has 0 unspecified atom stereocenters. The number of hydrogen-bond acceptors (Lipinski definition) is 7. The molecule has 172 valence electrons. The average molecular weight is 450 g/mol. The van der Waals surface area contributed by atoms with Crippen molar-refractivity contribution in [3.05, 3.63) is 78.0 Å². The van der Waals surface area contributed by atoms with Gasteiger partial charge in [0, 0.05) is 19.6 Å². The van der Waals surface area contributed by atoms with Gasteiger partial charge in [-0.05, 0) is 36.6 Å². The summed E-state index contributed by atoms with van der Waals surface area (Å²) >= 11 is 0. The maximum atomic E-state index is 13.1. The number of carbonyl (C=O) groups is 2. The lowest BCUT2D eigenvalue weighted by atomic mass is 10.1. The number of amides is 1. The highest BCUT2D eigenvalue weighted by Crippen LogP contribution is 2.27. The van der Waals surface area contributed by atoms with Crippen LogP contribution in [-0.4, -0.2) is 64.6 Å². The van der Waals surface area contributed by atoms with Crippen LogP contribution in [0, 0.1) is 0 Å². The van der Waals surface area contributed by atoms with Crippen LogP contribution in [0.4, 0.5) is 0 Å². The van der Waals surface area contributed by atoms with Gasteiger partial charge in [0.2, 0.25) is 5.91 Å². The molecule has 1 saturated heterocycles. The highest BCUT2D eigenvalue weighted by Gasteiger charge is 2.37. The van der Waals surface area contributed by atoms with E-state index < -0.39 is 5.97 Å². The molecule has 0 spiro atoms. The minimum Gasteiger partial charge on any atom is -0.465 e. The van der Waals surface area contributed by atoms with Crippen LogP contribution in [0.1, 0.15) is 34.3 Å². The van der Waals surface area contributed by atoms with Gasteiger partial charge in [0.15, 0.2) is 5.69 Å². The average Bonchev–Trinajstić information content (AvgIpc) is 3.60. The fourth-order valence-electron chi connectivity index (χ4n) is 3.98.